The van der Waals surface area contributed by atoms with Crippen molar-refractivity contribution in [2.45, 2.75) is 17.1 Å². The average molecular weight is 409 g/mol. The molecule has 0 aliphatic carbocycles. The van der Waals surface area contributed by atoms with Gasteiger partial charge >= 0.3 is 6.03 Å². The fraction of sp³-hybridized carbons (Fsp3) is 0.294. The molecule has 0 atom stereocenters. The highest BCUT2D eigenvalue weighted by molar-refractivity contribution is 7.91. The second kappa shape index (κ2) is 8.07. The van der Waals surface area contributed by atoms with Gasteiger partial charge in [0, 0.05) is 30.4 Å². The maximum absolute atomic E-state index is 12.5. The lowest BCUT2D eigenvalue weighted by Crippen LogP contribution is -2.41. The first-order chi connectivity index (χ1) is 12.9. The molecule has 27 heavy (non-hydrogen) atoms. The monoisotopic (exact) mass is 408 g/mol. The SMILES string of the molecule is NC(=O)Nc1ccc(NC(=O)C2CCN(S(=O)(=O)c3cccs3)CC2)cc1. The van der Waals surface area contributed by atoms with E-state index in [4.69, 9.17) is 5.73 Å². The van der Waals surface area contributed by atoms with Gasteiger partial charge in [-0.2, -0.15) is 4.31 Å². The fourth-order valence-corrected chi connectivity index (χ4v) is 5.53. The highest BCUT2D eigenvalue weighted by Gasteiger charge is 2.32. The molecule has 2 aromatic rings. The molecule has 1 saturated heterocycles. The highest BCUT2D eigenvalue weighted by atomic mass is 32.2. The zero-order chi connectivity index (χ0) is 19.4. The second-order valence-electron chi connectivity index (χ2n) is 6.17. The van der Waals surface area contributed by atoms with E-state index in [0.717, 1.165) is 0 Å². The summed E-state index contributed by atoms with van der Waals surface area (Å²) in [6.45, 7) is 0.638. The summed E-state index contributed by atoms with van der Waals surface area (Å²) < 4.78 is 26.8. The van der Waals surface area contributed by atoms with Crippen LogP contribution in [-0.2, 0) is 14.8 Å². The third kappa shape index (κ3) is 4.65. The number of carbonyl (C=O) groups is 2. The Morgan fingerprint density at radius 1 is 1.04 bits per heavy atom. The van der Waals surface area contributed by atoms with Crippen LogP contribution in [0.4, 0.5) is 16.2 Å². The van der Waals surface area contributed by atoms with E-state index in [1.807, 2.05) is 0 Å². The molecule has 0 saturated carbocycles. The molecule has 1 aliphatic heterocycles. The first-order valence-corrected chi connectivity index (χ1v) is 10.7. The van der Waals surface area contributed by atoms with Crippen LogP contribution in [0.5, 0.6) is 0 Å². The molecule has 1 aliphatic rings. The normalized spacial score (nSPS) is 16.0. The van der Waals surface area contributed by atoms with Crippen molar-refractivity contribution >= 4 is 44.7 Å². The van der Waals surface area contributed by atoms with Crippen LogP contribution < -0.4 is 16.4 Å². The Labute approximate surface area is 161 Å². The molecule has 0 bridgehead atoms. The van der Waals surface area contributed by atoms with E-state index in [1.54, 1.807) is 41.8 Å². The van der Waals surface area contributed by atoms with Crippen LogP contribution in [-0.4, -0.2) is 37.8 Å². The van der Waals surface area contributed by atoms with Crippen LogP contribution in [0.1, 0.15) is 12.8 Å². The zero-order valence-corrected chi connectivity index (χ0v) is 16.1. The minimum atomic E-state index is -3.47. The van der Waals surface area contributed by atoms with Gasteiger partial charge in [0.1, 0.15) is 4.21 Å². The molecule has 3 amide bonds. The van der Waals surface area contributed by atoms with E-state index < -0.39 is 16.1 Å². The molecule has 0 unspecified atom stereocenters. The number of nitrogens with one attached hydrogen (secondary N) is 2. The van der Waals surface area contributed by atoms with Crippen LogP contribution >= 0.6 is 11.3 Å². The summed E-state index contributed by atoms with van der Waals surface area (Å²) >= 11 is 1.19. The summed E-state index contributed by atoms with van der Waals surface area (Å²) in [4.78, 5) is 23.3. The smallest absolute Gasteiger partial charge is 0.316 e. The summed E-state index contributed by atoms with van der Waals surface area (Å²) in [5, 5.41) is 7.00. The number of carbonyl (C=O) groups excluding carboxylic acids is 2. The van der Waals surface area contributed by atoms with Gasteiger partial charge in [-0.1, -0.05) is 6.07 Å². The number of urea groups is 1. The van der Waals surface area contributed by atoms with Gasteiger partial charge in [-0.15, -0.1) is 11.3 Å². The van der Waals surface area contributed by atoms with Crippen molar-refractivity contribution in [3.05, 3.63) is 41.8 Å². The minimum absolute atomic E-state index is 0.140. The maximum atomic E-state index is 12.5. The molecule has 2 heterocycles. The number of nitrogens with two attached hydrogens (primary N) is 1. The van der Waals surface area contributed by atoms with E-state index in [1.165, 1.54) is 15.6 Å². The number of thiophene rings is 1. The lowest BCUT2D eigenvalue weighted by molar-refractivity contribution is -0.120. The zero-order valence-electron chi connectivity index (χ0n) is 14.4. The van der Waals surface area contributed by atoms with E-state index in [-0.39, 0.29) is 11.8 Å². The van der Waals surface area contributed by atoms with Crippen molar-refractivity contribution in [2.24, 2.45) is 11.7 Å². The van der Waals surface area contributed by atoms with E-state index >= 15 is 0 Å². The Bertz CT molecular complexity index is 903. The van der Waals surface area contributed by atoms with Gasteiger partial charge < -0.3 is 16.4 Å². The Hall–Kier alpha value is -2.43. The van der Waals surface area contributed by atoms with Crippen molar-refractivity contribution in [1.82, 2.24) is 4.31 Å². The van der Waals surface area contributed by atoms with Crippen LogP contribution in [0, 0.1) is 5.92 Å². The molecule has 10 heteroatoms. The van der Waals surface area contributed by atoms with Crippen LogP contribution in [0.3, 0.4) is 0 Å². The lowest BCUT2D eigenvalue weighted by atomic mass is 9.97. The largest absolute Gasteiger partial charge is 0.351 e. The summed E-state index contributed by atoms with van der Waals surface area (Å²) in [5.41, 5.74) is 6.18. The molecule has 4 N–H and O–H groups in total. The van der Waals surface area contributed by atoms with Crippen molar-refractivity contribution in [2.75, 3.05) is 23.7 Å². The number of anilines is 2. The summed E-state index contributed by atoms with van der Waals surface area (Å²) in [7, 11) is -3.47. The topological polar surface area (TPSA) is 122 Å². The first-order valence-electron chi connectivity index (χ1n) is 8.37. The number of piperidine rings is 1. The fourth-order valence-electron chi connectivity index (χ4n) is 2.92. The Kier molecular flexibility index (Phi) is 5.78. The molecule has 1 fully saturated rings. The summed E-state index contributed by atoms with van der Waals surface area (Å²) in [5.74, 6) is -0.387. The number of hydrogen-bond acceptors (Lipinski definition) is 5. The van der Waals surface area contributed by atoms with Crippen molar-refractivity contribution < 1.29 is 18.0 Å². The quantitative estimate of drug-likeness (QED) is 0.702. The Balaban J connectivity index is 1.55. The molecule has 3 rings (SSSR count). The standard InChI is InChI=1S/C17H20N4O4S2/c18-17(23)20-14-5-3-13(4-6-14)19-16(22)12-7-9-21(10-8-12)27(24,25)15-2-1-11-26-15/h1-6,11-12H,7-10H2,(H,19,22)(H3,18,20,23). The molecule has 8 nitrogen and oxygen atoms in total. The highest BCUT2D eigenvalue weighted by Crippen LogP contribution is 2.27. The van der Waals surface area contributed by atoms with Gasteiger partial charge in [0.05, 0.1) is 0 Å². The predicted octanol–water partition coefficient (Wildman–Crippen LogP) is 2.28. The molecule has 0 radical (unpaired) electrons. The molecular formula is C17H20N4O4S2. The first kappa shape index (κ1) is 19.3. The number of amides is 3. The second-order valence-corrected chi connectivity index (χ2v) is 9.28. The molecule has 0 spiro atoms. The minimum Gasteiger partial charge on any atom is -0.351 e. The molecule has 1 aromatic heterocycles. The van der Waals surface area contributed by atoms with Gasteiger partial charge in [-0.3, -0.25) is 4.79 Å². The van der Waals surface area contributed by atoms with Gasteiger partial charge in [-0.25, -0.2) is 13.2 Å². The summed E-state index contributed by atoms with van der Waals surface area (Å²) in [6, 6.07) is 9.25. The van der Waals surface area contributed by atoms with Gasteiger partial charge in [0.25, 0.3) is 10.0 Å². The van der Waals surface area contributed by atoms with E-state index in [9.17, 15) is 18.0 Å². The van der Waals surface area contributed by atoms with E-state index in [2.05, 4.69) is 10.6 Å². The van der Waals surface area contributed by atoms with Crippen LogP contribution in [0.15, 0.2) is 46.0 Å². The third-order valence-electron chi connectivity index (χ3n) is 4.33. The Morgan fingerprint density at radius 2 is 1.63 bits per heavy atom. The molecule has 144 valence electrons. The number of sulfonamides is 1. The maximum Gasteiger partial charge on any atom is 0.316 e. The van der Waals surface area contributed by atoms with Crippen LogP contribution in [0.2, 0.25) is 0 Å². The Morgan fingerprint density at radius 3 is 2.15 bits per heavy atom. The van der Waals surface area contributed by atoms with Gasteiger partial charge in [0.2, 0.25) is 5.91 Å². The number of benzene rings is 1. The van der Waals surface area contributed by atoms with Gasteiger partial charge in [-0.05, 0) is 48.6 Å². The number of rotatable bonds is 5. The van der Waals surface area contributed by atoms with E-state index in [0.29, 0.717) is 41.5 Å². The lowest BCUT2D eigenvalue weighted by Gasteiger charge is -2.30. The van der Waals surface area contributed by atoms with Crippen molar-refractivity contribution in [3.8, 4) is 0 Å². The average Bonchev–Trinajstić information content (AvgIpc) is 3.18. The van der Waals surface area contributed by atoms with Gasteiger partial charge in [0.15, 0.2) is 0 Å². The van der Waals surface area contributed by atoms with Crippen molar-refractivity contribution in [3.63, 3.8) is 0 Å². The summed E-state index contributed by atoms with van der Waals surface area (Å²) in [6.07, 6.45) is 0.940. The van der Waals surface area contributed by atoms with Crippen LogP contribution in [0.25, 0.3) is 0 Å². The number of primary amides is 1. The number of hydrogen-bond donors (Lipinski definition) is 3. The third-order valence-corrected chi connectivity index (χ3v) is 7.61. The predicted molar refractivity (Wildman–Crippen MR) is 104 cm³/mol. The molecular weight excluding hydrogens is 388 g/mol. The molecule has 1 aromatic carbocycles. The van der Waals surface area contributed by atoms with Crippen molar-refractivity contribution in [1.29, 1.82) is 0 Å². The number of nitrogens with zero attached hydrogens (tertiary/aromatic N) is 1.